The van der Waals surface area contributed by atoms with E-state index in [0.29, 0.717) is 0 Å². The molecule has 0 aromatic heterocycles. The smallest absolute Gasteiger partial charge is 0.190 e. The average molecular weight is 427 g/mol. The summed E-state index contributed by atoms with van der Waals surface area (Å²) in [5, 5.41) is 0. The van der Waals surface area contributed by atoms with E-state index in [9.17, 15) is 4.79 Å². The largest absolute Gasteiger partial charge is 0.289 e. The van der Waals surface area contributed by atoms with Crippen molar-refractivity contribution in [2.45, 2.75) is 18.8 Å². The fraction of sp³-hybridized carbons (Fsp3) is 0.0938. The molecule has 4 aromatic rings. The van der Waals surface area contributed by atoms with Crippen molar-refractivity contribution in [3.05, 3.63) is 155 Å². The number of hydrogen-bond donors (Lipinski definition) is 0. The molecule has 0 N–H and O–H groups in total. The van der Waals surface area contributed by atoms with Crippen LogP contribution < -0.4 is 0 Å². The monoisotopic (exact) mass is 426 g/mol. The Bertz CT molecular complexity index is 1320. The van der Waals surface area contributed by atoms with Crippen LogP contribution in [0.2, 0.25) is 0 Å². The van der Waals surface area contributed by atoms with E-state index in [1.54, 1.807) is 0 Å². The Hall–Kier alpha value is -3.97. The third kappa shape index (κ3) is 3.99. The summed E-state index contributed by atoms with van der Waals surface area (Å²) in [6.45, 7) is 2.22. The molecule has 0 saturated carbocycles. The van der Waals surface area contributed by atoms with Gasteiger partial charge in [-0.25, -0.2) is 0 Å². The van der Waals surface area contributed by atoms with Crippen LogP contribution in [0, 0.1) is 0 Å². The predicted molar refractivity (Wildman–Crippen MR) is 137 cm³/mol. The molecule has 1 atom stereocenters. The molecule has 1 aliphatic carbocycles. The first-order chi connectivity index (χ1) is 16.2. The summed E-state index contributed by atoms with van der Waals surface area (Å²) in [5.41, 5.74) is 6.75. The lowest BCUT2D eigenvalue weighted by Crippen LogP contribution is -2.33. The highest BCUT2D eigenvalue weighted by Gasteiger charge is 2.41. The molecular formula is C32H26O. The predicted octanol–water partition coefficient (Wildman–Crippen LogP) is 7.77. The Balaban J connectivity index is 1.82. The van der Waals surface area contributed by atoms with E-state index in [1.165, 1.54) is 11.1 Å². The number of carbonyl (C=O) groups excluding carboxylic acids is 1. The van der Waals surface area contributed by atoms with E-state index in [0.717, 1.165) is 34.3 Å². The van der Waals surface area contributed by atoms with Crippen molar-refractivity contribution in [1.82, 2.24) is 0 Å². The standard InChI is InChI=1S/C32H26O/c1-32(28-20-12-5-13-21-28)23-27(24-14-6-2-7-15-24)22-29(25-16-8-3-9-17-25)30(32)31(33)26-18-10-4-11-19-26/h2-22H,23H2,1H3. The summed E-state index contributed by atoms with van der Waals surface area (Å²) in [4.78, 5) is 14.1. The van der Waals surface area contributed by atoms with E-state index in [2.05, 4.69) is 73.7 Å². The number of hydrogen-bond acceptors (Lipinski definition) is 1. The molecule has 160 valence electrons. The zero-order chi connectivity index (χ0) is 22.7. The maximum Gasteiger partial charge on any atom is 0.190 e. The second kappa shape index (κ2) is 8.88. The maximum absolute atomic E-state index is 14.1. The number of ketones is 1. The van der Waals surface area contributed by atoms with Gasteiger partial charge < -0.3 is 0 Å². The average Bonchev–Trinajstić information content (AvgIpc) is 2.90. The maximum atomic E-state index is 14.1. The van der Waals surface area contributed by atoms with Crippen LogP contribution in [0.4, 0.5) is 0 Å². The Morgan fingerprint density at radius 2 is 1.12 bits per heavy atom. The molecule has 0 amide bonds. The molecule has 0 saturated heterocycles. The molecule has 1 nitrogen and oxygen atoms in total. The van der Waals surface area contributed by atoms with Gasteiger partial charge >= 0.3 is 0 Å². The van der Waals surface area contributed by atoms with Gasteiger partial charge in [0, 0.05) is 16.6 Å². The lowest BCUT2D eigenvalue weighted by molar-refractivity contribution is 0.102. The Labute approximate surface area is 195 Å². The lowest BCUT2D eigenvalue weighted by Gasteiger charge is -2.38. The van der Waals surface area contributed by atoms with Crippen LogP contribution in [-0.4, -0.2) is 5.78 Å². The quantitative estimate of drug-likeness (QED) is 0.298. The molecule has 5 rings (SSSR count). The van der Waals surface area contributed by atoms with Gasteiger partial charge in [-0.2, -0.15) is 0 Å². The fourth-order valence-corrected chi connectivity index (χ4v) is 4.91. The van der Waals surface area contributed by atoms with Gasteiger partial charge in [0.25, 0.3) is 0 Å². The number of benzene rings is 4. The van der Waals surface area contributed by atoms with Crippen LogP contribution >= 0.6 is 0 Å². The highest BCUT2D eigenvalue weighted by molar-refractivity contribution is 6.17. The van der Waals surface area contributed by atoms with Crippen LogP contribution in [0.1, 0.15) is 40.4 Å². The van der Waals surface area contributed by atoms with Crippen molar-refractivity contribution in [2.24, 2.45) is 0 Å². The lowest BCUT2D eigenvalue weighted by atomic mass is 9.63. The van der Waals surface area contributed by atoms with Crippen molar-refractivity contribution in [3.63, 3.8) is 0 Å². The highest BCUT2D eigenvalue weighted by atomic mass is 16.1. The third-order valence-electron chi connectivity index (χ3n) is 6.59. The summed E-state index contributed by atoms with van der Waals surface area (Å²) >= 11 is 0. The molecule has 1 heteroatoms. The van der Waals surface area contributed by atoms with Crippen LogP contribution in [0.5, 0.6) is 0 Å². The van der Waals surface area contributed by atoms with E-state index >= 15 is 0 Å². The molecule has 0 bridgehead atoms. The first-order valence-electron chi connectivity index (χ1n) is 11.4. The molecule has 0 heterocycles. The van der Waals surface area contributed by atoms with Crippen molar-refractivity contribution in [1.29, 1.82) is 0 Å². The van der Waals surface area contributed by atoms with E-state index in [4.69, 9.17) is 0 Å². The van der Waals surface area contributed by atoms with Gasteiger partial charge in [0.1, 0.15) is 0 Å². The molecule has 0 fully saturated rings. The fourth-order valence-electron chi connectivity index (χ4n) is 4.91. The van der Waals surface area contributed by atoms with Gasteiger partial charge in [0.15, 0.2) is 5.78 Å². The molecule has 33 heavy (non-hydrogen) atoms. The van der Waals surface area contributed by atoms with Gasteiger partial charge in [-0.3, -0.25) is 4.79 Å². The summed E-state index contributed by atoms with van der Waals surface area (Å²) in [7, 11) is 0. The minimum absolute atomic E-state index is 0.0872. The number of rotatable bonds is 5. The Morgan fingerprint density at radius 1 is 0.636 bits per heavy atom. The SMILES string of the molecule is CC1(c2ccccc2)CC(c2ccccc2)=CC(c2ccccc2)=C1C(=O)c1ccccc1. The van der Waals surface area contributed by atoms with Crippen LogP contribution in [0.25, 0.3) is 11.1 Å². The van der Waals surface area contributed by atoms with Crippen molar-refractivity contribution >= 4 is 16.9 Å². The molecule has 0 spiro atoms. The van der Waals surface area contributed by atoms with Gasteiger partial charge in [0.05, 0.1) is 0 Å². The van der Waals surface area contributed by atoms with Crippen LogP contribution in [0.3, 0.4) is 0 Å². The first-order valence-corrected chi connectivity index (χ1v) is 11.4. The zero-order valence-corrected chi connectivity index (χ0v) is 18.7. The Morgan fingerprint density at radius 3 is 1.70 bits per heavy atom. The topological polar surface area (TPSA) is 17.1 Å². The zero-order valence-electron chi connectivity index (χ0n) is 18.7. The third-order valence-corrected chi connectivity index (χ3v) is 6.59. The Kier molecular flexibility index (Phi) is 5.62. The van der Waals surface area contributed by atoms with Gasteiger partial charge in [-0.15, -0.1) is 0 Å². The summed E-state index contributed by atoms with van der Waals surface area (Å²) in [6, 6.07) is 40.9. The second-order valence-corrected chi connectivity index (χ2v) is 8.76. The summed E-state index contributed by atoms with van der Waals surface area (Å²) in [5.74, 6) is 0.0872. The van der Waals surface area contributed by atoms with Gasteiger partial charge in [-0.05, 0) is 34.3 Å². The normalized spacial score (nSPS) is 18.0. The van der Waals surface area contributed by atoms with Gasteiger partial charge in [-0.1, -0.05) is 134 Å². The van der Waals surface area contributed by atoms with Gasteiger partial charge in [0.2, 0.25) is 0 Å². The van der Waals surface area contributed by atoms with E-state index in [1.807, 2.05) is 60.7 Å². The first kappa shape index (κ1) is 20.9. The van der Waals surface area contributed by atoms with Crippen LogP contribution in [-0.2, 0) is 5.41 Å². The summed E-state index contributed by atoms with van der Waals surface area (Å²) in [6.07, 6.45) is 2.98. The minimum Gasteiger partial charge on any atom is -0.289 e. The van der Waals surface area contributed by atoms with Crippen molar-refractivity contribution < 1.29 is 4.79 Å². The number of carbonyl (C=O) groups is 1. The van der Waals surface area contributed by atoms with Crippen molar-refractivity contribution in [3.8, 4) is 0 Å². The molecule has 0 radical (unpaired) electrons. The van der Waals surface area contributed by atoms with Crippen LogP contribution in [0.15, 0.2) is 133 Å². The molecule has 4 aromatic carbocycles. The number of allylic oxidation sites excluding steroid dienone is 4. The molecule has 0 aliphatic heterocycles. The molecule has 1 aliphatic rings. The minimum atomic E-state index is -0.473. The molecular weight excluding hydrogens is 400 g/mol. The highest BCUT2D eigenvalue weighted by Crippen LogP contribution is 2.49. The van der Waals surface area contributed by atoms with Crippen molar-refractivity contribution in [2.75, 3.05) is 0 Å². The van der Waals surface area contributed by atoms with E-state index in [-0.39, 0.29) is 5.78 Å². The number of Topliss-reactive ketones (excluding diaryl/α,β-unsaturated/α-hetero) is 1. The summed E-state index contributed by atoms with van der Waals surface area (Å²) < 4.78 is 0. The molecule has 1 unspecified atom stereocenters. The second-order valence-electron chi connectivity index (χ2n) is 8.76. The van der Waals surface area contributed by atoms with E-state index < -0.39 is 5.41 Å².